The molecule has 1 N–H and O–H groups in total. The summed E-state index contributed by atoms with van der Waals surface area (Å²) >= 11 is 0. The van der Waals surface area contributed by atoms with E-state index in [9.17, 15) is 13.2 Å². The minimum Gasteiger partial charge on any atom is -0.444 e. The molecule has 2 aliphatic rings. The Hall–Kier alpha value is -1.46. The smallest absolute Gasteiger partial charge is 0.408 e. The largest absolute Gasteiger partial charge is 0.444 e. The molecule has 1 amide bonds. The third-order valence-electron chi connectivity index (χ3n) is 7.63. The number of amides is 1. The van der Waals surface area contributed by atoms with Crippen LogP contribution in [0.4, 0.5) is 4.79 Å². The van der Waals surface area contributed by atoms with Gasteiger partial charge in [-0.2, -0.15) is 0 Å². The topological polar surface area (TPSA) is 100 Å². The Kier molecular flexibility index (Phi) is 8.86. The molecule has 216 valence electrons. The Bertz CT molecular complexity index is 1080. The zero-order valence-corrected chi connectivity index (χ0v) is 26.5. The number of nitrogens with one attached hydrogen (secondary N) is 1. The highest BCUT2D eigenvalue weighted by Crippen LogP contribution is 2.47. The molecule has 5 atom stereocenters. The number of carbonyl (C=O) groups is 1. The van der Waals surface area contributed by atoms with E-state index in [1.165, 1.54) is 0 Å². The van der Waals surface area contributed by atoms with Gasteiger partial charge in [-0.1, -0.05) is 39.0 Å². The van der Waals surface area contributed by atoms with Crippen molar-refractivity contribution < 1.29 is 31.8 Å². The lowest BCUT2D eigenvalue weighted by Crippen LogP contribution is -2.55. The molecule has 38 heavy (non-hydrogen) atoms. The molecular weight excluding hydrogens is 522 g/mol. The van der Waals surface area contributed by atoms with Crippen molar-refractivity contribution in [3.05, 3.63) is 30.3 Å². The van der Waals surface area contributed by atoms with E-state index < -0.39 is 53.0 Å². The number of benzene rings is 1. The molecule has 1 aliphatic heterocycles. The van der Waals surface area contributed by atoms with E-state index in [0.717, 1.165) is 6.42 Å². The van der Waals surface area contributed by atoms with Crippen LogP contribution in [0.1, 0.15) is 68.2 Å². The second kappa shape index (κ2) is 10.8. The Morgan fingerprint density at radius 1 is 1.13 bits per heavy atom. The van der Waals surface area contributed by atoms with Crippen molar-refractivity contribution in [2.45, 2.75) is 126 Å². The lowest BCUT2D eigenvalue weighted by atomic mass is 10.0. The molecule has 8 nitrogen and oxygen atoms in total. The van der Waals surface area contributed by atoms with Gasteiger partial charge in [-0.05, 0) is 83.6 Å². The van der Waals surface area contributed by atoms with Crippen LogP contribution in [-0.2, 0) is 28.5 Å². The molecule has 0 radical (unpaired) electrons. The lowest BCUT2D eigenvalue weighted by molar-refractivity contribution is -0.141. The predicted octanol–water partition coefficient (Wildman–Crippen LogP) is 5.67. The molecule has 1 saturated heterocycles. The maximum absolute atomic E-state index is 14.2. The van der Waals surface area contributed by atoms with Crippen LogP contribution >= 0.6 is 0 Å². The Morgan fingerprint density at radius 2 is 1.74 bits per heavy atom. The van der Waals surface area contributed by atoms with Gasteiger partial charge >= 0.3 is 6.09 Å². The number of alkyl carbamates (subject to hydrolysis) is 1. The second-order valence-electron chi connectivity index (χ2n) is 13.6. The number of hydrogen-bond acceptors (Lipinski definition) is 7. The van der Waals surface area contributed by atoms with Crippen LogP contribution in [0.5, 0.6) is 0 Å². The normalized spacial score (nSPS) is 25.5. The van der Waals surface area contributed by atoms with E-state index >= 15 is 0 Å². The molecule has 2 fully saturated rings. The molecule has 1 aromatic carbocycles. The lowest BCUT2D eigenvalue weighted by Gasteiger charge is -2.36. The van der Waals surface area contributed by atoms with Crippen molar-refractivity contribution in [2.24, 2.45) is 5.92 Å². The van der Waals surface area contributed by atoms with Gasteiger partial charge in [0.15, 0.2) is 23.9 Å². The van der Waals surface area contributed by atoms with Crippen LogP contribution in [-0.4, -0.2) is 64.3 Å². The summed E-state index contributed by atoms with van der Waals surface area (Å²) in [6.45, 7) is 20.0. The van der Waals surface area contributed by atoms with Crippen LogP contribution in [0.3, 0.4) is 0 Å². The third kappa shape index (κ3) is 7.81. The molecule has 0 spiro atoms. The summed E-state index contributed by atoms with van der Waals surface area (Å²) in [6, 6.07) is 7.51. The fourth-order valence-corrected chi connectivity index (χ4v) is 7.89. The van der Waals surface area contributed by atoms with Gasteiger partial charge in [0, 0.05) is 6.10 Å². The minimum absolute atomic E-state index is 0.00345. The van der Waals surface area contributed by atoms with Crippen molar-refractivity contribution in [1.82, 2.24) is 5.32 Å². The quantitative estimate of drug-likeness (QED) is 0.382. The molecular formula is C28H47NO7SSi. The summed E-state index contributed by atoms with van der Waals surface area (Å²) in [5, 5.41) is 1.96. The van der Waals surface area contributed by atoms with E-state index in [4.69, 9.17) is 18.6 Å². The van der Waals surface area contributed by atoms with Gasteiger partial charge in [0.1, 0.15) is 11.7 Å². The summed E-state index contributed by atoms with van der Waals surface area (Å²) in [7, 11) is -5.88. The molecule has 1 heterocycles. The summed E-state index contributed by atoms with van der Waals surface area (Å²) in [6.07, 6.45) is -0.228. The standard InChI is InChI=1S/C28H47NO7SSi/c1-26(2,3)35-25(30)29-24(22-18-33-28(7,8)34-22)23(37(31,32)20-14-12-11-13-15-20)17-19-16-21(19)36-38(9,10)27(4,5)6/h11-15,19,21-24H,16-18H2,1-10H3,(H,29,30). The number of sulfone groups is 1. The van der Waals surface area contributed by atoms with Gasteiger partial charge in [0.25, 0.3) is 0 Å². The molecule has 1 aromatic rings. The van der Waals surface area contributed by atoms with E-state index in [2.05, 4.69) is 39.2 Å². The van der Waals surface area contributed by atoms with Crippen molar-refractivity contribution >= 4 is 24.2 Å². The number of ether oxygens (including phenoxy) is 3. The zero-order chi connectivity index (χ0) is 28.7. The second-order valence-corrected chi connectivity index (χ2v) is 20.5. The summed E-state index contributed by atoms with van der Waals surface area (Å²) in [4.78, 5) is 13.2. The molecule has 5 unspecified atom stereocenters. The minimum atomic E-state index is -3.86. The summed E-state index contributed by atoms with van der Waals surface area (Å²) in [5.41, 5.74) is -0.743. The van der Waals surface area contributed by atoms with Crippen LogP contribution < -0.4 is 5.32 Å². The summed E-state index contributed by atoms with van der Waals surface area (Å²) in [5.74, 6) is -0.835. The fraction of sp³-hybridized carbons (Fsp3) is 0.750. The van der Waals surface area contributed by atoms with Crippen LogP contribution in [0.15, 0.2) is 35.2 Å². The average molecular weight is 570 g/mol. The van der Waals surface area contributed by atoms with Crippen molar-refractivity contribution in [3.63, 3.8) is 0 Å². The first-order valence-corrected chi connectivity index (χ1v) is 18.0. The van der Waals surface area contributed by atoms with Gasteiger partial charge in [-0.25, -0.2) is 13.2 Å². The predicted molar refractivity (Wildman–Crippen MR) is 150 cm³/mol. The molecule has 3 rings (SSSR count). The third-order valence-corrected chi connectivity index (χ3v) is 14.3. The molecule has 1 aliphatic carbocycles. The van der Waals surface area contributed by atoms with Crippen LogP contribution in [0.25, 0.3) is 0 Å². The highest BCUT2D eigenvalue weighted by Gasteiger charge is 2.52. The van der Waals surface area contributed by atoms with Gasteiger partial charge in [0.2, 0.25) is 0 Å². The highest BCUT2D eigenvalue weighted by molar-refractivity contribution is 7.92. The SMILES string of the molecule is CC(C)(C)OC(=O)NC(C1COC(C)(C)O1)C(CC1CC1O[Si](C)(C)C(C)(C)C)S(=O)(=O)c1ccccc1. The fourth-order valence-electron chi connectivity index (χ4n) is 4.48. The average Bonchev–Trinajstić information content (AvgIpc) is 3.37. The highest BCUT2D eigenvalue weighted by atomic mass is 32.2. The molecule has 10 heteroatoms. The van der Waals surface area contributed by atoms with Gasteiger partial charge in [-0.3, -0.25) is 0 Å². The van der Waals surface area contributed by atoms with Crippen molar-refractivity contribution in [2.75, 3.05) is 6.61 Å². The van der Waals surface area contributed by atoms with Gasteiger partial charge < -0.3 is 24.0 Å². The summed E-state index contributed by atoms with van der Waals surface area (Å²) < 4.78 is 52.4. The van der Waals surface area contributed by atoms with E-state index in [0.29, 0.717) is 6.42 Å². The number of hydrogen-bond donors (Lipinski definition) is 1. The monoisotopic (exact) mass is 569 g/mol. The maximum atomic E-state index is 14.2. The first-order valence-electron chi connectivity index (χ1n) is 13.5. The molecule has 1 saturated carbocycles. The number of rotatable bonds is 9. The zero-order valence-electron chi connectivity index (χ0n) is 24.7. The van der Waals surface area contributed by atoms with Gasteiger partial charge in [-0.15, -0.1) is 0 Å². The van der Waals surface area contributed by atoms with Crippen LogP contribution in [0.2, 0.25) is 18.1 Å². The van der Waals surface area contributed by atoms with Gasteiger partial charge in [0.05, 0.1) is 22.8 Å². The number of carbonyl (C=O) groups excluding carboxylic acids is 1. The Labute approximate surface area is 230 Å². The molecule has 0 bridgehead atoms. The Balaban J connectivity index is 1.95. The van der Waals surface area contributed by atoms with E-state index in [1.807, 2.05) is 0 Å². The van der Waals surface area contributed by atoms with Crippen molar-refractivity contribution in [3.8, 4) is 0 Å². The van der Waals surface area contributed by atoms with Crippen molar-refractivity contribution in [1.29, 1.82) is 0 Å². The van der Waals surface area contributed by atoms with E-state index in [1.54, 1.807) is 65.0 Å². The Morgan fingerprint density at radius 3 is 2.24 bits per heavy atom. The first-order chi connectivity index (χ1) is 17.2. The maximum Gasteiger partial charge on any atom is 0.408 e. The molecule has 0 aromatic heterocycles. The first kappa shape index (κ1) is 31.1. The van der Waals surface area contributed by atoms with Crippen LogP contribution in [0, 0.1) is 5.92 Å². The van der Waals surface area contributed by atoms with E-state index in [-0.39, 0.29) is 28.6 Å².